The number of hydrogen-bond acceptors (Lipinski definition) is 2. The lowest BCUT2D eigenvalue weighted by Crippen LogP contribution is -2.09. The van der Waals surface area contributed by atoms with Crippen LogP contribution in [0.2, 0.25) is 5.02 Å². The molecule has 0 aliphatic heterocycles. The molecule has 0 saturated heterocycles. The van der Waals surface area contributed by atoms with E-state index in [-0.39, 0.29) is 0 Å². The third-order valence-corrected chi connectivity index (χ3v) is 2.81. The van der Waals surface area contributed by atoms with E-state index >= 15 is 0 Å². The molecule has 0 aromatic heterocycles. The smallest absolute Gasteiger partial charge is 0.159 e. The van der Waals surface area contributed by atoms with Crippen molar-refractivity contribution in [3.05, 3.63) is 64.7 Å². The molecule has 0 radical (unpaired) electrons. The second-order valence-electron chi connectivity index (χ2n) is 3.89. The van der Waals surface area contributed by atoms with Crippen molar-refractivity contribution in [3.63, 3.8) is 0 Å². The Kier molecular flexibility index (Phi) is 3.98. The molecule has 5 heteroatoms. The first-order chi connectivity index (χ1) is 9.10. The van der Waals surface area contributed by atoms with Crippen molar-refractivity contribution in [1.82, 2.24) is 0 Å². The molecule has 0 aliphatic rings. The van der Waals surface area contributed by atoms with Gasteiger partial charge in [-0.3, -0.25) is 0 Å². The van der Waals surface area contributed by atoms with Gasteiger partial charge in [-0.2, -0.15) is 5.26 Å². The molecule has 1 unspecified atom stereocenters. The molecular formula is C14H9ClF2N2. The van der Waals surface area contributed by atoms with Gasteiger partial charge >= 0.3 is 0 Å². The molecule has 2 aromatic rings. The van der Waals surface area contributed by atoms with Crippen molar-refractivity contribution in [2.75, 3.05) is 5.32 Å². The van der Waals surface area contributed by atoms with Crippen LogP contribution in [0.3, 0.4) is 0 Å². The number of nitrogens with one attached hydrogen (secondary N) is 1. The Morgan fingerprint density at radius 3 is 2.32 bits per heavy atom. The van der Waals surface area contributed by atoms with Crippen LogP contribution in [0.5, 0.6) is 0 Å². The van der Waals surface area contributed by atoms with E-state index in [1.807, 2.05) is 6.07 Å². The van der Waals surface area contributed by atoms with Crippen molar-refractivity contribution in [2.45, 2.75) is 6.04 Å². The van der Waals surface area contributed by atoms with Gasteiger partial charge in [-0.1, -0.05) is 17.7 Å². The minimum atomic E-state index is -0.976. The average molecular weight is 279 g/mol. The fourth-order valence-electron chi connectivity index (χ4n) is 1.59. The van der Waals surface area contributed by atoms with Crippen LogP contribution in [0.25, 0.3) is 0 Å². The molecule has 0 fully saturated rings. The summed E-state index contributed by atoms with van der Waals surface area (Å²) in [6.45, 7) is 0. The lowest BCUT2D eigenvalue weighted by atomic mass is 10.1. The van der Waals surface area contributed by atoms with Crippen molar-refractivity contribution in [1.29, 1.82) is 5.26 Å². The van der Waals surface area contributed by atoms with Gasteiger partial charge in [0.25, 0.3) is 0 Å². The highest BCUT2D eigenvalue weighted by Gasteiger charge is 2.13. The normalized spacial score (nSPS) is 11.7. The number of rotatable bonds is 3. The molecule has 0 aliphatic carbocycles. The molecule has 0 heterocycles. The van der Waals surface area contributed by atoms with Gasteiger partial charge in [0.2, 0.25) is 0 Å². The van der Waals surface area contributed by atoms with E-state index in [0.717, 1.165) is 12.1 Å². The first-order valence-corrected chi connectivity index (χ1v) is 5.84. The Balaban J connectivity index is 2.23. The number of nitrogens with zero attached hydrogens (tertiary/aromatic N) is 1. The highest BCUT2D eigenvalue weighted by molar-refractivity contribution is 6.30. The Morgan fingerprint density at radius 1 is 1.05 bits per heavy atom. The van der Waals surface area contributed by atoms with Crippen molar-refractivity contribution < 1.29 is 8.78 Å². The minimum Gasteiger partial charge on any atom is -0.366 e. The molecule has 0 amide bonds. The fourth-order valence-corrected chi connectivity index (χ4v) is 1.72. The van der Waals surface area contributed by atoms with Crippen LogP contribution >= 0.6 is 11.6 Å². The summed E-state index contributed by atoms with van der Waals surface area (Å²) in [5, 5.41) is 12.6. The van der Waals surface area contributed by atoms with Crippen LogP contribution in [0.1, 0.15) is 11.6 Å². The van der Waals surface area contributed by atoms with Gasteiger partial charge in [0, 0.05) is 10.7 Å². The molecule has 19 heavy (non-hydrogen) atoms. The largest absolute Gasteiger partial charge is 0.366 e. The summed E-state index contributed by atoms with van der Waals surface area (Å²) in [6.07, 6.45) is 0. The molecule has 0 bridgehead atoms. The topological polar surface area (TPSA) is 35.8 Å². The maximum absolute atomic E-state index is 13.1. The minimum absolute atomic E-state index is 0.358. The zero-order valence-corrected chi connectivity index (χ0v) is 10.5. The van der Waals surface area contributed by atoms with Gasteiger partial charge in [-0.15, -0.1) is 0 Å². The second-order valence-corrected chi connectivity index (χ2v) is 4.32. The fraction of sp³-hybridized carbons (Fsp3) is 0.0714. The van der Waals surface area contributed by atoms with Crippen molar-refractivity contribution >= 4 is 17.3 Å². The Bertz CT molecular complexity index is 620. The molecule has 1 atom stereocenters. The molecule has 96 valence electrons. The molecule has 2 nitrogen and oxygen atoms in total. The highest BCUT2D eigenvalue weighted by Crippen LogP contribution is 2.22. The third kappa shape index (κ3) is 3.21. The van der Waals surface area contributed by atoms with E-state index in [0.29, 0.717) is 16.3 Å². The molecular weight excluding hydrogens is 270 g/mol. The van der Waals surface area contributed by atoms with Gasteiger partial charge in [0.1, 0.15) is 6.04 Å². The molecule has 0 spiro atoms. The lowest BCUT2D eigenvalue weighted by Gasteiger charge is -2.13. The summed E-state index contributed by atoms with van der Waals surface area (Å²) >= 11 is 5.75. The Labute approximate surface area is 114 Å². The van der Waals surface area contributed by atoms with Crippen LogP contribution in [0.4, 0.5) is 14.5 Å². The maximum atomic E-state index is 13.1. The quantitative estimate of drug-likeness (QED) is 0.909. The number of halogens is 3. The SMILES string of the molecule is N#CC(Nc1ccc(Cl)cc1)c1ccc(F)c(F)c1. The van der Waals surface area contributed by atoms with Crippen LogP contribution in [0, 0.1) is 23.0 Å². The third-order valence-electron chi connectivity index (χ3n) is 2.56. The summed E-state index contributed by atoms with van der Waals surface area (Å²) in [5.74, 6) is -1.91. The van der Waals surface area contributed by atoms with Crippen LogP contribution in [-0.2, 0) is 0 Å². The van der Waals surface area contributed by atoms with Crippen LogP contribution < -0.4 is 5.32 Å². The maximum Gasteiger partial charge on any atom is 0.159 e. The summed E-state index contributed by atoms with van der Waals surface area (Å²) in [6, 6.07) is 11.3. The highest BCUT2D eigenvalue weighted by atomic mass is 35.5. The Hall–Kier alpha value is -2.12. The molecule has 0 saturated carbocycles. The number of benzene rings is 2. The molecule has 2 rings (SSSR count). The van der Waals surface area contributed by atoms with E-state index in [1.165, 1.54) is 6.07 Å². The lowest BCUT2D eigenvalue weighted by molar-refractivity contribution is 0.507. The predicted octanol–water partition coefficient (Wildman–Crippen LogP) is 4.29. The van der Waals surface area contributed by atoms with E-state index in [4.69, 9.17) is 16.9 Å². The first kappa shape index (κ1) is 13.3. The van der Waals surface area contributed by atoms with Crippen LogP contribution in [-0.4, -0.2) is 0 Å². The zero-order valence-electron chi connectivity index (χ0n) is 9.70. The van der Waals surface area contributed by atoms with E-state index in [9.17, 15) is 8.78 Å². The standard InChI is InChI=1S/C14H9ClF2N2/c15-10-2-4-11(5-3-10)19-14(8-18)9-1-6-12(16)13(17)7-9/h1-7,14,19H. The summed E-state index contributed by atoms with van der Waals surface area (Å²) in [5.41, 5.74) is 1.03. The number of hydrogen-bond donors (Lipinski definition) is 1. The second kappa shape index (κ2) is 5.68. The number of anilines is 1. The van der Waals surface area contributed by atoms with Gasteiger partial charge in [0.05, 0.1) is 6.07 Å². The van der Waals surface area contributed by atoms with Crippen LogP contribution in [0.15, 0.2) is 42.5 Å². The molecule has 2 aromatic carbocycles. The first-order valence-electron chi connectivity index (χ1n) is 5.47. The number of nitriles is 1. The van der Waals surface area contributed by atoms with Gasteiger partial charge in [-0.05, 0) is 42.0 Å². The predicted molar refractivity (Wildman–Crippen MR) is 69.8 cm³/mol. The molecule has 1 N–H and O–H groups in total. The monoisotopic (exact) mass is 278 g/mol. The summed E-state index contributed by atoms with van der Waals surface area (Å²) < 4.78 is 26.0. The van der Waals surface area contributed by atoms with E-state index in [2.05, 4.69) is 5.32 Å². The van der Waals surface area contributed by atoms with Crippen molar-refractivity contribution in [3.8, 4) is 6.07 Å². The van der Waals surface area contributed by atoms with Crippen molar-refractivity contribution in [2.24, 2.45) is 0 Å². The zero-order chi connectivity index (χ0) is 13.8. The van der Waals surface area contributed by atoms with Gasteiger partial charge < -0.3 is 5.32 Å². The van der Waals surface area contributed by atoms with Gasteiger partial charge in [-0.25, -0.2) is 8.78 Å². The summed E-state index contributed by atoms with van der Waals surface area (Å²) in [4.78, 5) is 0. The van der Waals surface area contributed by atoms with E-state index < -0.39 is 17.7 Å². The average Bonchev–Trinajstić information content (AvgIpc) is 2.41. The Morgan fingerprint density at radius 2 is 1.74 bits per heavy atom. The van der Waals surface area contributed by atoms with E-state index in [1.54, 1.807) is 24.3 Å². The van der Waals surface area contributed by atoms with Gasteiger partial charge in [0.15, 0.2) is 11.6 Å². The summed E-state index contributed by atoms with van der Waals surface area (Å²) in [7, 11) is 0.